The van der Waals surface area contributed by atoms with Gasteiger partial charge in [0, 0.05) is 16.1 Å². The number of nitriles is 1. The van der Waals surface area contributed by atoms with Crippen molar-refractivity contribution in [1.82, 2.24) is 0 Å². The van der Waals surface area contributed by atoms with Crippen LogP contribution in [0.15, 0.2) is 59.1 Å². The maximum absolute atomic E-state index is 13.9. The highest BCUT2D eigenvalue weighted by atomic mass is 79.9. The minimum absolute atomic E-state index is 0.0423. The van der Waals surface area contributed by atoms with Crippen molar-refractivity contribution >= 4 is 50.8 Å². The first-order valence-electron chi connectivity index (χ1n) is 8.74. The summed E-state index contributed by atoms with van der Waals surface area (Å²) < 4.78 is 25.7. The summed E-state index contributed by atoms with van der Waals surface area (Å²) in [5.74, 6) is 0.526. The molecule has 0 saturated carbocycles. The third kappa shape index (κ3) is 5.14. The molecule has 0 N–H and O–H groups in total. The highest BCUT2D eigenvalue weighted by Crippen LogP contribution is 2.38. The zero-order valence-corrected chi connectivity index (χ0v) is 18.9. The van der Waals surface area contributed by atoms with E-state index in [-0.39, 0.29) is 12.4 Å². The smallest absolute Gasteiger partial charge is 0.175 e. The number of halogens is 4. The predicted molar refractivity (Wildman–Crippen MR) is 121 cm³/mol. The Labute approximate surface area is 192 Å². The summed E-state index contributed by atoms with van der Waals surface area (Å²) in [4.78, 5) is 0. The molecule has 0 aromatic heterocycles. The Bertz CT molecular complexity index is 1160. The molecule has 0 heterocycles. The van der Waals surface area contributed by atoms with Crippen molar-refractivity contribution in [3.05, 3.63) is 91.6 Å². The molecule has 3 aromatic rings. The molecule has 0 spiro atoms. The fourth-order valence-electron chi connectivity index (χ4n) is 2.77. The van der Waals surface area contributed by atoms with Gasteiger partial charge in [-0.15, -0.1) is 0 Å². The van der Waals surface area contributed by atoms with Crippen LogP contribution in [0.3, 0.4) is 0 Å². The molecule has 30 heavy (non-hydrogen) atoms. The number of allylic oxidation sites excluding steroid dienone is 1. The highest BCUT2D eigenvalue weighted by Gasteiger charge is 2.14. The molecule has 0 aliphatic rings. The van der Waals surface area contributed by atoms with Crippen molar-refractivity contribution in [1.29, 1.82) is 5.26 Å². The molecular formula is C23H15BrCl2FNO2. The first kappa shape index (κ1) is 22.2. The molecule has 0 aliphatic carbocycles. The second-order valence-corrected chi connectivity index (χ2v) is 7.91. The molecule has 0 amide bonds. The second-order valence-electron chi connectivity index (χ2n) is 6.21. The van der Waals surface area contributed by atoms with Crippen LogP contribution in [0.25, 0.3) is 11.6 Å². The average Bonchev–Trinajstić information content (AvgIpc) is 2.72. The number of hydrogen-bond acceptors (Lipinski definition) is 3. The summed E-state index contributed by atoms with van der Waals surface area (Å²) in [5.41, 5.74) is 2.06. The first-order chi connectivity index (χ1) is 14.4. The van der Waals surface area contributed by atoms with E-state index in [0.717, 1.165) is 0 Å². The predicted octanol–water partition coefficient (Wildman–Crippen LogP) is 7.55. The first-order valence-corrected chi connectivity index (χ1v) is 10.3. The lowest BCUT2D eigenvalue weighted by molar-refractivity contribution is 0.278. The van der Waals surface area contributed by atoms with Crippen LogP contribution >= 0.6 is 39.1 Å². The zero-order valence-electron chi connectivity index (χ0n) is 15.8. The summed E-state index contributed by atoms with van der Waals surface area (Å²) in [6, 6.07) is 17.0. The number of ether oxygens (including phenoxy) is 2. The van der Waals surface area contributed by atoms with Crippen LogP contribution in [0.2, 0.25) is 10.0 Å². The van der Waals surface area contributed by atoms with Crippen molar-refractivity contribution in [3.8, 4) is 17.6 Å². The van der Waals surface area contributed by atoms with E-state index in [1.54, 1.807) is 54.6 Å². The van der Waals surface area contributed by atoms with E-state index in [9.17, 15) is 9.65 Å². The van der Waals surface area contributed by atoms with E-state index < -0.39 is 0 Å². The molecule has 7 heteroatoms. The van der Waals surface area contributed by atoms with Crippen molar-refractivity contribution in [2.24, 2.45) is 0 Å². The lowest BCUT2D eigenvalue weighted by atomic mass is 10.0. The lowest BCUT2D eigenvalue weighted by Gasteiger charge is -2.14. The molecule has 0 bridgehead atoms. The van der Waals surface area contributed by atoms with Gasteiger partial charge in [0.15, 0.2) is 11.5 Å². The minimum Gasteiger partial charge on any atom is -0.493 e. The summed E-state index contributed by atoms with van der Waals surface area (Å²) in [6.07, 6.45) is 1.68. The Balaban J connectivity index is 1.93. The van der Waals surface area contributed by atoms with Crippen molar-refractivity contribution < 1.29 is 13.9 Å². The van der Waals surface area contributed by atoms with Gasteiger partial charge in [0.25, 0.3) is 0 Å². The van der Waals surface area contributed by atoms with E-state index in [0.29, 0.717) is 48.3 Å². The van der Waals surface area contributed by atoms with E-state index in [1.807, 2.05) is 0 Å². The number of rotatable bonds is 6. The van der Waals surface area contributed by atoms with Gasteiger partial charge in [0.2, 0.25) is 0 Å². The Morgan fingerprint density at radius 2 is 1.93 bits per heavy atom. The van der Waals surface area contributed by atoms with Crippen LogP contribution in [0.5, 0.6) is 11.5 Å². The number of benzene rings is 3. The van der Waals surface area contributed by atoms with Crippen molar-refractivity contribution in [2.75, 3.05) is 7.11 Å². The van der Waals surface area contributed by atoms with Gasteiger partial charge in [-0.3, -0.25) is 0 Å². The zero-order chi connectivity index (χ0) is 21.7. The fraction of sp³-hybridized carbons (Fsp3) is 0.0870. The number of nitrogens with zero attached hydrogens (tertiary/aromatic N) is 1. The molecule has 0 aliphatic heterocycles. The van der Waals surface area contributed by atoms with E-state index in [1.165, 1.54) is 13.2 Å². The Kier molecular flexibility index (Phi) is 7.38. The number of methoxy groups -OCH3 is 1. The monoisotopic (exact) mass is 505 g/mol. The summed E-state index contributed by atoms with van der Waals surface area (Å²) in [6.45, 7) is 0.0423. The Hall–Kier alpha value is -2.52. The largest absolute Gasteiger partial charge is 0.493 e. The van der Waals surface area contributed by atoms with Crippen LogP contribution in [0, 0.1) is 17.1 Å². The van der Waals surface area contributed by atoms with Gasteiger partial charge in [-0.05, 0) is 57.9 Å². The molecule has 0 fully saturated rings. The fourth-order valence-corrected chi connectivity index (χ4v) is 3.86. The van der Waals surface area contributed by atoms with Crippen LogP contribution in [-0.2, 0) is 6.61 Å². The molecule has 0 saturated heterocycles. The highest BCUT2D eigenvalue weighted by molar-refractivity contribution is 9.10. The summed E-state index contributed by atoms with van der Waals surface area (Å²) >= 11 is 15.6. The molecular weight excluding hydrogens is 492 g/mol. The maximum Gasteiger partial charge on any atom is 0.175 e. The van der Waals surface area contributed by atoms with E-state index in [2.05, 4.69) is 22.0 Å². The Morgan fingerprint density at radius 3 is 2.60 bits per heavy atom. The molecule has 0 atom stereocenters. The second kappa shape index (κ2) is 9.99. The molecule has 3 nitrogen and oxygen atoms in total. The van der Waals surface area contributed by atoms with Crippen LogP contribution in [-0.4, -0.2) is 7.11 Å². The standard InChI is InChI=1S/C23H15BrCl2FNO2/c1-29-22-10-14(8-16(12-28)18-7-6-17(25)11-20(18)26)9-19(24)23(22)30-13-15-4-2-3-5-21(15)27/h2-11H,13H2,1H3/b16-8+. The maximum atomic E-state index is 13.9. The van der Waals surface area contributed by atoms with Gasteiger partial charge in [-0.2, -0.15) is 5.26 Å². The third-order valence-corrected chi connectivity index (χ3v) is 5.37. The molecule has 0 unspecified atom stereocenters. The van der Waals surface area contributed by atoms with Gasteiger partial charge in [0.1, 0.15) is 12.4 Å². The van der Waals surface area contributed by atoms with Crippen molar-refractivity contribution in [3.63, 3.8) is 0 Å². The average molecular weight is 507 g/mol. The van der Waals surface area contributed by atoms with Gasteiger partial charge in [-0.1, -0.05) is 47.5 Å². The Morgan fingerprint density at radius 1 is 1.17 bits per heavy atom. The minimum atomic E-state index is -0.342. The molecule has 3 aromatic carbocycles. The van der Waals surface area contributed by atoms with Gasteiger partial charge in [0.05, 0.1) is 28.2 Å². The molecule has 0 radical (unpaired) electrons. The van der Waals surface area contributed by atoms with E-state index >= 15 is 0 Å². The topological polar surface area (TPSA) is 42.2 Å². The molecule has 152 valence electrons. The lowest BCUT2D eigenvalue weighted by Crippen LogP contribution is -2.01. The summed E-state index contributed by atoms with van der Waals surface area (Å²) in [5, 5.41) is 10.5. The SMILES string of the molecule is COc1cc(/C=C(\C#N)c2ccc(Cl)cc2Cl)cc(Br)c1OCc1ccccc1F. The summed E-state index contributed by atoms with van der Waals surface area (Å²) in [7, 11) is 1.51. The third-order valence-electron chi connectivity index (χ3n) is 4.23. The molecule has 3 rings (SSSR count). The van der Waals surface area contributed by atoms with E-state index in [4.69, 9.17) is 32.7 Å². The van der Waals surface area contributed by atoms with Crippen LogP contribution < -0.4 is 9.47 Å². The van der Waals surface area contributed by atoms with Gasteiger partial charge in [-0.25, -0.2) is 4.39 Å². The normalized spacial score (nSPS) is 11.1. The van der Waals surface area contributed by atoms with Crippen LogP contribution in [0.4, 0.5) is 4.39 Å². The van der Waals surface area contributed by atoms with Crippen molar-refractivity contribution in [2.45, 2.75) is 6.61 Å². The van der Waals surface area contributed by atoms with Crippen LogP contribution in [0.1, 0.15) is 16.7 Å². The van der Waals surface area contributed by atoms with Gasteiger partial charge < -0.3 is 9.47 Å². The van der Waals surface area contributed by atoms with Gasteiger partial charge >= 0.3 is 0 Å². The quantitative estimate of drug-likeness (QED) is 0.256. The number of hydrogen-bond donors (Lipinski definition) is 0.